The van der Waals surface area contributed by atoms with E-state index in [2.05, 4.69) is 5.32 Å². The number of carbonyl (C=O) groups is 2. The molecule has 5 nitrogen and oxygen atoms in total. The Labute approximate surface area is 173 Å². The zero-order chi connectivity index (χ0) is 14.8. The Morgan fingerprint density at radius 1 is 0.840 bits per heavy atom. The van der Waals surface area contributed by atoms with Crippen molar-refractivity contribution >= 4 is 17.3 Å². The molecule has 2 aromatic rings. The molecule has 1 aliphatic carbocycles. The number of anilines is 1. The van der Waals surface area contributed by atoms with E-state index in [-0.39, 0.29) is 63.6 Å². The number of ketones is 2. The Morgan fingerprint density at radius 3 is 1.92 bits per heavy atom. The maximum atomic E-state index is 12.5. The monoisotopic (exact) mass is 562 g/mol. The maximum absolute atomic E-state index is 12.5. The molecule has 25 heavy (non-hydrogen) atoms. The summed E-state index contributed by atoms with van der Waals surface area (Å²) in [6, 6.07) is 12.3. The second-order valence-corrected chi connectivity index (χ2v) is 5.03. The Morgan fingerprint density at radius 2 is 1.36 bits per heavy atom. The van der Waals surface area contributed by atoms with Gasteiger partial charge in [-0.05, 0) is 31.2 Å². The molecule has 0 fully saturated rings. The molecule has 0 saturated carbocycles. The van der Waals surface area contributed by atoms with E-state index in [1.54, 1.807) is 36.4 Å². The zero-order valence-corrected chi connectivity index (χ0v) is 17.1. The van der Waals surface area contributed by atoms with Crippen LogP contribution < -0.4 is 42.0 Å². The van der Waals surface area contributed by atoms with Gasteiger partial charge >= 0.3 is 21.1 Å². The van der Waals surface area contributed by atoms with E-state index in [1.165, 1.54) is 0 Å². The Hall–Kier alpha value is -1.23. The molecule has 0 saturated heterocycles. The van der Waals surface area contributed by atoms with Crippen LogP contribution in [0.4, 0.5) is 5.69 Å². The van der Waals surface area contributed by atoms with Crippen LogP contribution in [0.25, 0.3) is 0 Å². The molecule has 0 unspecified atom stereocenters. The van der Waals surface area contributed by atoms with Crippen LogP contribution in [0.2, 0.25) is 0 Å². The molecule has 0 aromatic heterocycles. The first-order chi connectivity index (χ1) is 10.2. The molecule has 3 rings (SSSR count). The number of nitrogens with two attached hydrogens (primary N) is 1. The van der Waals surface area contributed by atoms with Gasteiger partial charge < -0.3 is 42.0 Å². The number of hydrogen-bond donors (Lipinski definition) is 3. The van der Waals surface area contributed by atoms with Gasteiger partial charge in [0.05, 0.1) is 0 Å². The van der Waals surface area contributed by atoms with Gasteiger partial charge in [-0.25, -0.2) is 0 Å². The van der Waals surface area contributed by atoms with Gasteiger partial charge in [-0.3, -0.25) is 9.59 Å². The van der Waals surface area contributed by atoms with E-state index in [1.807, 2.05) is 6.07 Å². The van der Waals surface area contributed by atoms with Crippen LogP contribution in [0.3, 0.4) is 0 Å². The van der Waals surface area contributed by atoms with E-state index >= 15 is 0 Å². The fourth-order valence-corrected chi connectivity index (χ4v) is 2.54. The molecular weight excluding hydrogens is 544 g/mol. The summed E-state index contributed by atoms with van der Waals surface area (Å²) < 4.78 is 0. The molecule has 0 bridgehead atoms. The first kappa shape index (κ1) is 26.0. The number of nitrogens with one attached hydrogen (secondary N) is 1. The average Bonchev–Trinajstić information content (AvgIpc) is 2.53. The molecule has 138 valence electrons. The predicted octanol–water partition coefficient (Wildman–Crippen LogP) is -3.61. The third kappa shape index (κ3) is 5.13. The van der Waals surface area contributed by atoms with Crippen molar-refractivity contribution in [3.8, 4) is 0 Å². The number of halogens is 2. The van der Waals surface area contributed by atoms with Gasteiger partial charge in [0.15, 0.2) is 11.6 Å². The molecule has 1 aliphatic rings. The van der Waals surface area contributed by atoms with E-state index in [0.29, 0.717) is 28.8 Å². The topological polar surface area (TPSA) is 107 Å². The van der Waals surface area contributed by atoms with Crippen LogP contribution in [-0.4, -0.2) is 24.7 Å². The first-order valence-electron chi connectivity index (χ1n) is 6.99. The minimum Gasteiger partial charge on any atom is -1.00 e. The third-order valence-electron chi connectivity index (χ3n) is 3.64. The van der Waals surface area contributed by atoms with E-state index in [0.717, 1.165) is 18.7 Å². The molecule has 8 heteroatoms. The molecule has 0 aliphatic heterocycles. The molecule has 2 aromatic carbocycles. The number of fused-ring (bicyclic) bond motifs is 2. The third-order valence-corrected chi connectivity index (χ3v) is 3.64. The van der Waals surface area contributed by atoms with Crippen LogP contribution >= 0.6 is 0 Å². The summed E-state index contributed by atoms with van der Waals surface area (Å²) in [5, 5.41) is 3.21. The summed E-state index contributed by atoms with van der Waals surface area (Å²) in [6.07, 6.45) is 0.854. The standard InChI is InChI=1S/C17H16N2O2.2ClH.H3N.Pt/c18-8-3-9-19-11-6-7-14-15(10-11)17(21)13-5-2-1-4-12(13)16(14)20;;;;/h1-2,4-7,10,19H,3,8-9,18H2;2*1H;1H3;/q;;;;+2/p-2. The number of carbonyl (C=O) groups excluding carboxylic acids is 2. The average molecular weight is 563 g/mol. The van der Waals surface area contributed by atoms with Crippen molar-refractivity contribution in [2.75, 3.05) is 18.4 Å². The van der Waals surface area contributed by atoms with Crippen molar-refractivity contribution in [3.63, 3.8) is 0 Å². The molecule has 0 spiro atoms. The molecule has 0 radical (unpaired) electrons. The molecule has 0 heterocycles. The fourth-order valence-electron chi connectivity index (χ4n) is 2.54. The van der Waals surface area contributed by atoms with Crippen molar-refractivity contribution in [1.82, 2.24) is 6.15 Å². The molecular formula is C17H19Cl2N3O2Pt. The molecule has 0 amide bonds. The van der Waals surface area contributed by atoms with Crippen molar-refractivity contribution in [1.29, 1.82) is 0 Å². The normalized spacial score (nSPS) is 10.8. The Kier molecular flexibility index (Phi) is 11.9. The minimum atomic E-state index is -0.0947. The van der Waals surface area contributed by atoms with E-state index < -0.39 is 0 Å². The SMILES string of the molecule is N.NCCCNc1ccc2c(c1)C(=O)c1ccccc1C2=O.[Cl-].[Cl-].[Pt+2]. The predicted molar refractivity (Wildman–Crippen MR) is 86.9 cm³/mol. The van der Waals surface area contributed by atoms with Crippen LogP contribution in [0.5, 0.6) is 0 Å². The fraction of sp³-hybridized carbons (Fsp3) is 0.176. The number of rotatable bonds is 4. The largest absolute Gasteiger partial charge is 2.00 e. The Balaban J connectivity index is 0. The van der Waals surface area contributed by atoms with Crippen LogP contribution in [0.15, 0.2) is 42.5 Å². The summed E-state index contributed by atoms with van der Waals surface area (Å²) in [4.78, 5) is 25.0. The van der Waals surface area contributed by atoms with Crippen molar-refractivity contribution in [3.05, 3.63) is 64.7 Å². The van der Waals surface area contributed by atoms with Gasteiger partial charge in [-0.2, -0.15) is 0 Å². The van der Waals surface area contributed by atoms with Gasteiger partial charge in [-0.1, -0.05) is 24.3 Å². The minimum absolute atomic E-state index is 0. The second-order valence-electron chi connectivity index (χ2n) is 5.03. The van der Waals surface area contributed by atoms with Gasteiger partial charge in [0.25, 0.3) is 0 Å². The number of hydrogen-bond acceptors (Lipinski definition) is 5. The first-order valence-corrected chi connectivity index (χ1v) is 6.99. The zero-order valence-electron chi connectivity index (χ0n) is 13.3. The number of benzene rings is 2. The molecule has 0 atom stereocenters. The summed E-state index contributed by atoms with van der Waals surface area (Å²) in [7, 11) is 0. The van der Waals surface area contributed by atoms with Gasteiger partial charge in [0, 0.05) is 34.5 Å². The second kappa shape index (κ2) is 11.4. The van der Waals surface area contributed by atoms with Crippen molar-refractivity contribution in [2.45, 2.75) is 6.42 Å². The van der Waals surface area contributed by atoms with E-state index in [4.69, 9.17) is 5.73 Å². The quantitative estimate of drug-likeness (QED) is 0.285. The van der Waals surface area contributed by atoms with Gasteiger partial charge in [0.2, 0.25) is 0 Å². The van der Waals surface area contributed by atoms with Crippen molar-refractivity contribution < 1.29 is 55.5 Å². The van der Waals surface area contributed by atoms with Gasteiger partial charge in [0.1, 0.15) is 0 Å². The van der Waals surface area contributed by atoms with E-state index in [9.17, 15) is 9.59 Å². The Bertz CT molecular complexity index is 742. The summed E-state index contributed by atoms with van der Waals surface area (Å²) in [5.41, 5.74) is 8.20. The van der Waals surface area contributed by atoms with Crippen LogP contribution in [-0.2, 0) is 21.1 Å². The van der Waals surface area contributed by atoms with Crippen molar-refractivity contribution in [2.24, 2.45) is 5.73 Å². The molecule has 6 N–H and O–H groups in total. The smallest absolute Gasteiger partial charge is 1.00 e. The van der Waals surface area contributed by atoms with Crippen LogP contribution in [0, 0.1) is 0 Å². The maximum Gasteiger partial charge on any atom is 2.00 e. The summed E-state index contributed by atoms with van der Waals surface area (Å²) >= 11 is 0. The summed E-state index contributed by atoms with van der Waals surface area (Å²) in [5.74, 6) is -0.184. The van der Waals surface area contributed by atoms with Gasteiger partial charge in [-0.15, -0.1) is 0 Å². The summed E-state index contributed by atoms with van der Waals surface area (Å²) in [6.45, 7) is 1.36. The van der Waals surface area contributed by atoms with Crippen LogP contribution in [0.1, 0.15) is 38.3 Å².